The van der Waals surface area contributed by atoms with Gasteiger partial charge in [-0.2, -0.15) is 0 Å². The van der Waals surface area contributed by atoms with Crippen LogP contribution >= 0.6 is 11.3 Å². The van der Waals surface area contributed by atoms with Gasteiger partial charge in [0.2, 0.25) is 0 Å². The van der Waals surface area contributed by atoms with E-state index in [4.69, 9.17) is 16.4 Å². The Bertz CT molecular complexity index is 4930. The lowest BCUT2D eigenvalue weighted by Gasteiger charge is -2.10. The van der Waals surface area contributed by atoms with Gasteiger partial charge in [-0.3, -0.25) is 0 Å². The van der Waals surface area contributed by atoms with E-state index in [0.29, 0.717) is 17.0 Å². The van der Waals surface area contributed by atoms with Gasteiger partial charge >= 0.3 is 0 Å². The van der Waals surface area contributed by atoms with Gasteiger partial charge in [-0.05, 0) is 106 Å². The van der Waals surface area contributed by atoms with Crippen molar-refractivity contribution in [2.45, 2.75) is 0 Å². The zero-order chi connectivity index (χ0) is 58.3. The number of aromatic nitrogens is 2. The van der Waals surface area contributed by atoms with Crippen LogP contribution in [0.15, 0.2) is 206 Å². The standard InChI is InChI=1S/C54H34N2S/c1-3-13-35(14-4-1)36-15-11-16-39(31-36)42-21-12-24-52-54(42)45-28-27-41(34-53(45)57-52)56-49-23-10-8-20-44(49)47-33-38(26-30-51(47)56)37-25-29-50-46(32-37)43-19-7-9-22-48(43)55(50)40-17-5-2-6-18-40/h1-34H/i3D,7D,8D,9D,10D,11D,12D,14D,15D,19D,20D,21D,22D,23D,24D,25D,26D,27D,28D,29D,31D,32D,33D,34D. The molecule has 0 saturated carbocycles. The molecule has 0 fully saturated rings. The minimum atomic E-state index is -0.786. The molecule has 0 bridgehead atoms. The third-order valence-electron chi connectivity index (χ3n) is 9.80. The number of hydrogen-bond acceptors (Lipinski definition) is 1. The summed E-state index contributed by atoms with van der Waals surface area (Å²) in [5.41, 5.74) is -2.86. The Hall–Kier alpha value is -7.20. The molecule has 2 nitrogen and oxygen atoms in total. The van der Waals surface area contributed by atoms with Crippen LogP contribution in [0.25, 0.3) is 109 Å². The molecule has 0 aliphatic carbocycles. The second-order valence-corrected chi connectivity index (χ2v) is 14.0. The van der Waals surface area contributed by atoms with E-state index in [2.05, 4.69) is 0 Å². The summed E-state index contributed by atoms with van der Waals surface area (Å²) in [6.07, 6.45) is 0. The largest absolute Gasteiger partial charge is 0.309 e. The van der Waals surface area contributed by atoms with Crippen molar-refractivity contribution in [2.24, 2.45) is 0 Å². The van der Waals surface area contributed by atoms with Crippen LogP contribution in [0.1, 0.15) is 32.9 Å². The van der Waals surface area contributed by atoms with Gasteiger partial charge < -0.3 is 9.13 Å². The molecule has 0 N–H and O–H groups in total. The van der Waals surface area contributed by atoms with Crippen molar-refractivity contribution in [3.05, 3.63) is 206 Å². The summed E-state index contributed by atoms with van der Waals surface area (Å²) in [5, 5.41) is -1.42. The number of fused-ring (bicyclic) bond motifs is 9. The molecule has 0 amide bonds. The highest BCUT2D eigenvalue weighted by atomic mass is 32.1. The molecular weight excluding hydrogens is 709 g/mol. The fourth-order valence-electron chi connectivity index (χ4n) is 7.32. The summed E-state index contributed by atoms with van der Waals surface area (Å²) < 4.78 is 223. The first-order valence-corrected chi connectivity index (χ1v) is 18.4. The number of rotatable bonds is 5. The first-order chi connectivity index (χ1) is 38.3. The number of thiophene rings is 1. The predicted octanol–water partition coefficient (Wildman–Crippen LogP) is 15.2. The summed E-state index contributed by atoms with van der Waals surface area (Å²) in [4.78, 5) is 0. The lowest BCUT2D eigenvalue weighted by atomic mass is 9.96. The van der Waals surface area contributed by atoms with E-state index in [1.54, 1.807) is 30.3 Å². The Morgan fingerprint density at radius 1 is 0.351 bits per heavy atom. The number of nitrogens with zero attached hydrogens (tertiary/aromatic N) is 2. The lowest BCUT2D eigenvalue weighted by molar-refractivity contribution is 1.18. The molecular formula is C54H34N2S. The van der Waals surface area contributed by atoms with Gasteiger partial charge in [-0.25, -0.2) is 0 Å². The van der Waals surface area contributed by atoms with Gasteiger partial charge in [0.1, 0.15) is 0 Å². The second kappa shape index (κ2) is 12.7. The van der Waals surface area contributed by atoms with Gasteiger partial charge in [-0.15, -0.1) is 11.3 Å². The monoisotopic (exact) mass is 766 g/mol. The van der Waals surface area contributed by atoms with Crippen LogP contribution < -0.4 is 0 Å². The Labute approximate surface area is 367 Å². The van der Waals surface area contributed by atoms with Gasteiger partial charge in [-0.1, -0.05) is 133 Å². The van der Waals surface area contributed by atoms with Crippen LogP contribution in [0.2, 0.25) is 0 Å². The van der Waals surface area contributed by atoms with Crippen molar-refractivity contribution in [3.63, 3.8) is 0 Å². The SMILES string of the molecule is [2H]c1ccc([2H])c(-c2c([2H])c([2H])cc(-c3c([2H])c([2H])c([2H])c4sc5c([2H])c(-n6c7cc([2H])c(-c8c([2H])c([2H])c9c(c8[2H])c8c([2H])c([2H])c([2H])c([2H])c8n9-c8ccccc8)c([2H])c7c7c([2H])c([2H])c([2H])c([2H])c76)c([2H])c([2H])c5c34)c2[2H])c1. The molecule has 0 aliphatic heterocycles. The zero-order valence-corrected chi connectivity index (χ0v) is 29.9. The molecule has 3 aromatic heterocycles. The summed E-state index contributed by atoms with van der Waals surface area (Å²) in [6, 6.07) is 0.202. The van der Waals surface area contributed by atoms with E-state index >= 15 is 0 Å². The van der Waals surface area contributed by atoms with Crippen molar-refractivity contribution < 1.29 is 32.9 Å². The first kappa shape index (κ1) is 16.5. The topological polar surface area (TPSA) is 9.86 Å². The molecule has 12 rings (SSSR count). The third kappa shape index (κ3) is 5.03. The molecule has 0 unspecified atom stereocenters. The molecule has 0 aliphatic rings. The van der Waals surface area contributed by atoms with Gasteiger partial charge in [0.25, 0.3) is 0 Å². The molecule has 12 aromatic rings. The summed E-state index contributed by atoms with van der Waals surface area (Å²) in [5.74, 6) is 0. The van der Waals surface area contributed by atoms with Crippen molar-refractivity contribution in [1.29, 1.82) is 0 Å². The van der Waals surface area contributed by atoms with Crippen LogP contribution in [-0.4, -0.2) is 9.13 Å². The molecule has 9 aromatic carbocycles. The van der Waals surface area contributed by atoms with Crippen molar-refractivity contribution in [2.75, 3.05) is 0 Å². The fourth-order valence-corrected chi connectivity index (χ4v) is 8.34. The number of benzene rings is 9. The van der Waals surface area contributed by atoms with Crippen molar-refractivity contribution in [1.82, 2.24) is 9.13 Å². The van der Waals surface area contributed by atoms with Crippen LogP contribution in [0.3, 0.4) is 0 Å². The maximum absolute atomic E-state index is 9.95. The fraction of sp³-hybridized carbons (Fsp3) is 0. The van der Waals surface area contributed by atoms with Crippen molar-refractivity contribution in [3.8, 4) is 44.8 Å². The van der Waals surface area contributed by atoms with Gasteiger partial charge in [0.05, 0.1) is 55.0 Å². The average Bonchev–Trinajstić information content (AvgIpc) is 2.18. The first-order valence-electron chi connectivity index (χ1n) is 29.6. The van der Waals surface area contributed by atoms with Crippen LogP contribution in [-0.2, 0) is 0 Å². The van der Waals surface area contributed by atoms with Crippen LogP contribution in [0, 0.1) is 0 Å². The molecule has 0 saturated heterocycles. The number of hydrogen-bond donors (Lipinski definition) is 0. The van der Waals surface area contributed by atoms with E-state index in [9.17, 15) is 16.4 Å². The van der Waals surface area contributed by atoms with Gasteiger partial charge in [0.15, 0.2) is 0 Å². The molecule has 0 spiro atoms. The normalized spacial score (nSPS) is 17.8. The maximum Gasteiger partial charge on any atom is 0.0660 e. The predicted molar refractivity (Wildman–Crippen MR) is 244 cm³/mol. The van der Waals surface area contributed by atoms with Gasteiger partial charge in [0, 0.05) is 53.1 Å². The lowest BCUT2D eigenvalue weighted by Crippen LogP contribution is -1.93. The Morgan fingerprint density at radius 2 is 1.07 bits per heavy atom. The van der Waals surface area contributed by atoms with E-state index in [1.807, 2.05) is 0 Å². The maximum atomic E-state index is 9.95. The summed E-state index contributed by atoms with van der Waals surface area (Å²) >= 11 is 0.710. The van der Waals surface area contributed by atoms with Crippen LogP contribution in [0.4, 0.5) is 0 Å². The minimum absolute atomic E-state index is 0.0438. The molecule has 0 atom stereocenters. The van der Waals surface area contributed by atoms with E-state index < -0.39 is 155 Å². The van der Waals surface area contributed by atoms with Crippen LogP contribution in [0.5, 0.6) is 0 Å². The Balaban J connectivity index is 1.19. The molecule has 57 heavy (non-hydrogen) atoms. The zero-order valence-electron chi connectivity index (χ0n) is 53.1. The average molecular weight is 767 g/mol. The molecule has 3 heteroatoms. The molecule has 0 radical (unpaired) electrons. The third-order valence-corrected chi connectivity index (χ3v) is 10.8. The highest BCUT2D eigenvalue weighted by Crippen LogP contribution is 2.43. The smallest absolute Gasteiger partial charge is 0.0660 e. The second-order valence-electron chi connectivity index (χ2n) is 13.0. The van der Waals surface area contributed by atoms with E-state index in [1.165, 1.54) is 22.8 Å². The quantitative estimate of drug-likeness (QED) is 0.165. The Kier molecular flexibility index (Phi) is 3.67. The minimum Gasteiger partial charge on any atom is -0.309 e. The molecule has 266 valence electrons. The van der Waals surface area contributed by atoms with E-state index in [0.717, 1.165) is 16.7 Å². The van der Waals surface area contributed by atoms with Crippen molar-refractivity contribution >= 4 is 75.1 Å². The Morgan fingerprint density at radius 3 is 1.91 bits per heavy atom. The van der Waals surface area contributed by atoms with E-state index in [-0.39, 0.29) is 92.6 Å². The molecule has 3 heterocycles. The highest BCUT2D eigenvalue weighted by Gasteiger charge is 2.18. The number of para-hydroxylation sites is 3. The summed E-state index contributed by atoms with van der Waals surface area (Å²) in [7, 11) is 0. The summed E-state index contributed by atoms with van der Waals surface area (Å²) in [6.45, 7) is 0. The highest BCUT2D eigenvalue weighted by molar-refractivity contribution is 7.26.